The van der Waals surface area contributed by atoms with Crippen LogP contribution >= 0.6 is 11.6 Å². The molecule has 1 aliphatic rings. The summed E-state index contributed by atoms with van der Waals surface area (Å²) in [6.45, 7) is 4.03. The van der Waals surface area contributed by atoms with Crippen LogP contribution in [-0.4, -0.2) is 56.3 Å². The molecule has 0 bridgehead atoms. The van der Waals surface area contributed by atoms with E-state index in [4.69, 9.17) is 16.7 Å². The quantitative estimate of drug-likeness (QED) is 0.836. The zero-order valence-electron chi connectivity index (χ0n) is 15.0. The van der Waals surface area contributed by atoms with E-state index in [0.29, 0.717) is 36.8 Å². The lowest BCUT2D eigenvalue weighted by atomic mass is 10.1. The van der Waals surface area contributed by atoms with E-state index in [-0.39, 0.29) is 18.3 Å². The highest BCUT2D eigenvalue weighted by Gasteiger charge is 2.27. The number of carbonyl (C=O) groups is 1. The smallest absolute Gasteiger partial charge is 0.407 e. The largest absolute Gasteiger partial charge is 0.503 e. The van der Waals surface area contributed by atoms with Crippen molar-refractivity contribution in [2.45, 2.75) is 26.1 Å². The molecule has 3 rings (SSSR count). The Morgan fingerprint density at radius 1 is 1.19 bits per heavy atom. The van der Waals surface area contributed by atoms with Crippen LogP contribution in [-0.2, 0) is 13.1 Å². The first-order chi connectivity index (χ1) is 12.9. The molecule has 0 aliphatic carbocycles. The lowest BCUT2D eigenvalue weighted by Gasteiger charge is -2.38. The van der Waals surface area contributed by atoms with Crippen molar-refractivity contribution in [1.29, 1.82) is 0 Å². The van der Waals surface area contributed by atoms with Gasteiger partial charge in [-0.3, -0.25) is 9.69 Å². The van der Waals surface area contributed by atoms with E-state index in [1.807, 2.05) is 30.0 Å². The Hall–Kier alpha value is -2.51. The molecule has 1 unspecified atom stereocenters. The van der Waals surface area contributed by atoms with E-state index < -0.39 is 11.7 Å². The topological polar surface area (TPSA) is 86.0 Å². The van der Waals surface area contributed by atoms with Gasteiger partial charge in [0.25, 0.3) is 5.56 Å². The van der Waals surface area contributed by atoms with Gasteiger partial charge in [0.2, 0.25) is 0 Å². The molecule has 1 saturated heterocycles. The van der Waals surface area contributed by atoms with Crippen molar-refractivity contribution in [2.24, 2.45) is 0 Å². The summed E-state index contributed by atoms with van der Waals surface area (Å²) in [4.78, 5) is 27.1. The molecule has 1 fully saturated rings. The van der Waals surface area contributed by atoms with Gasteiger partial charge in [-0.25, -0.2) is 4.79 Å². The van der Waals surface area contributed by atoms with Crippen molar-refractivity contribution in [1.82, 2.24) is 14.4 Å². The second-order valence-corrected chi connectivity index (χ2v) is 7.18. The van der Waals surface area contributed by atoms with Gasteiger partial charge in [-0.15, -0.1) is 0 Å². The highest BCUT2D eigenvalue weighted by atomic mass is 35.5. The van der Waals surface area contributed by atoms with Gasteiger partial charge in [0, 0.05) is 49.0 Å². The Bertz CT molecular complexity index is 899. The van der Waals surface area contributed by atoms with Crippen molar-refractivity contribution in [3.8, 4) is 5.75 Å². The van der Waals surface area contributed by atoms with Crippen LogP contribution in [0, 0.1) is 0 Å². The Labute approximate surface area is 162 Å². The maximum absolute atomic E-state index is 12.5. The number of hydrogen-bond donors (Lipinski definition) is 2. The van der Waals surface area contributed by atoms with Crippen LogP contribution in [0.2, 0.25) is 5.02 Å². The summed E-state index contributed by atoms with van der Waals surface area (Å²) in [7, 11) is 0. The average Bonchev–Trinajstić information content (AvgIpc) is 2.63. The van der Waals surface area contributed by atoms with Crippen molar-refractivity contribution < 1.29 is 15.0 Å². The summed E-state index contributed by atoms with van der Waals surface area (Å²) in [5, 5.41) is 20.1. The molecule has 2 aromatic rings. The van der Waals surface area contributed by atoms with Crippen LogP contribution in [0.3, 0.4) is 0 Å². The van der Waals surface area contributed by atoms with Crippen LogP contribution < -0.4 is 5.56 Å². The molecular weight excluding hydrogens is 370 g/mol. The van der Waals surface area contributed by atoms with Gasteiger partial charge in [-0.05, 0) is 24.6 Å². The van der Waals surface area contributed by atoms with Crippen molar-refractivity contribution in [2.75, 3.05) is 19.6 Å². The number of amides is 1. The molecule has 2 heterocycles. The Balaban J connectivity index is 1.73. The molecule has 27 heavy (non-hydrogen) atoms. The molecule has 1 aromatic carbocycles. The number of piperazine rings is 1. The number of benzene rings is 1. The first-order valence-corrected chi connectivity index (χ1v) is 9.11. The van der Waals surface area contributed by atoms with Gasteiger partial charge < -0.3 is 19.7 Å². The summed E-state index contributed by atoms with van der Waals surface area (Å²) < 4.78 is 1.42. The second-order valence-electron chi connectivity index (χ2n) is 6.77. The summed E-state index contributed by atoms with van der Waals surface area (Å²) in [5.74, 6) is -0.280. The van der Waals surface area contributed by atoms with Gasteiger partial charge in [0.05, 0.1) is 6.54 Å². The van der Waals surface area contributed by atoms with Crippen molar-refractivity contribution in [3.05, 3.63) is 63.0 Å². The predicted octanol–water partition coefficient (Wildman–Crippen LogP) is 2.44. The number of nitrogens with zero attached hydrogens (tertiary/aromatic N) is 3. The normalized spacial score (nSPS) is 17.9. The summed E-state index contributed by atoms with van der Waals surface area (Å²) >= 11 is 6.14. The zero-order chi connectivity index (χ0) is 19.6. The SMILES string of the molecule is CC1CN(Cc2ccn(Cc3ccccc3Cl)c(=O)c2O)CCN1C(=O)O. The Kier molecular flexibility index (Phi) is 5.72. The Morgan fingerprint density at radius 3 is 2.59 bits per heavy atom. The molecule has 144 valence electrons. The van der Waals surface area contributed by atoms with E-state index in [1.54, 1.807) is 18.3 Å². The monoisotopic (exact) mass is 391 g/mol. The summed E-state index contributed by atoms with van der Waals surface area (Å²) in [6, 6.07) is 8.84. The molecule has 8 heteroatoms. The van der Waals surface area contributed by atoms with E-state index in [0.717, 1.165) is 5.56 Å². The molecule has 1 atom stereocenters. The van der Waals surface area contributed by atoms with Crippen LogP contribution in [0.4, 0.5) is 4.79 Å². The molecule has 0 spiro atoms. The average molecular weight is 392 g/mol. The third kappa shape index (κ3) is 4.26. The van der Waals surface area contributed by atoms with Gasteiger partial charge in [0.1, 0.15) is 0 Å². The van der Waals surface area contributed by atoms with E-state index >= 15 is 0 Å². The number of halogens is 1. The predicted molar refractivity (Wildman–Crippen MR) is 102 cm³/mol. The van der Waals surface area contributed by atoms with E-state index in [1.165, 1.54) is 9.47 Å². The number of aromatic nitrogens is 1. The first kappa shape index (κ1) is 19.3. The molecule has 1 aromatic heterocycles. The third-order valence-electron chi connectivity index (χ3n) is 4.87. The molecular formula is C19H22ClN3O4. The maximum Gasteiger partial charge on any atom is 0.407 e. The fourth-order valence-electron chi connectivity index (χ4n) is 3.36. The van der Waals surface area contributed by atoms with E-state index in [9.17, 15) is 14.7 Å². The fraction of sp³-hybridized carbons (Fsp3) is 0.368. The summed E-state index contributed by atoms with van der Waals surface area (Å²) in [6.07, 6.45) is 0.727. The molecule has 1 aliphatic heterocycles. The van der Waals surface area contributed by atoms with Crippen LogP contribution in [0.5, 0.6) is 5.75 Å². The van der Waals surface area contributed by atoms with Crippen molar-refractivity contribution in [3.63, 3.8) is 0 Å². The standard InChI is InChI=1S/C19H22ClN3O4/c1-13-10-21(8-9-23(13)19(26)27)11-15-6-7-22(18(25)17(15)24)12-14-4-2-3-5-16(14)20/h2-7,13,24H,8-12H2,1H3,(H,26,27). The second kappa shape index (κ2) is 8.02. The third-order valence-corrected chi connectivity index (χ3v) is 5.24. The van der Waals surface area contributed by atoms with E-state index in [2.05, 4.69) is 0 Å². The van der Waals surface area contributed by atoms with Crippen LogP contribution in [0.25, 0.3) is 0 Å². The van der Waals surface area contributed by atoms with Gasteiger partial charge >= 0.3 is 6.09 Å². The van der Waals surface area contributed by atoms with Gasteiger partial charge in [-0.1, -0.05) is 29.8 Å². The number of aromatic hydroxyl groups is 1. The van der Waals surface area contributed by atoms with Crippen molar-refractivity contribution >= 4 is 17.7 Å². The highest BCUT2D eigenvalue weighted by molar-refractivity contribution is 6.31. The fourth-order valence-corrected chi connectivity index (χ4v) is 3.56. The summed E-state index contributed by atoms with van der Waals surface area (Å²) in [5.41, 5.74) is 0.864. The number of carboxylic acid groups (broad SMARTS) is 1. The minimum absolute atomic E-state index is 0.140. The number of rotatable bonds is 4. The lowest BCUT2D eigenvalue weighted by Crippen LogP contribution is -2.53. The van der Waals surface area contributed by atoms with Gasteiger partial charge in [0.15, 0.2) is 5.75 Å². The maximum atomic E-state index is 12.5. The zero-order valence-corrected chi connectivity index (χ0v) is 15.8. The molecule has 2 N–H and O–H groups in total. The molecule has 0 radical (unpaired) electrons. The number of hydrogen-bond acceptors (Lipinski definition) is 4. The highest BCUT2D eigenvalue weighted by Crippen LogP contribution is 2.19. The minimum atomic E-state index is -0.924. The lowest BCUT2D eigenvalue weighted by molar-refractivity contribution is 0.0707. The Morgan fingerprint density at radius 2 is 1.93 bits per heavy atom. The molecule has 1 amide bonds. The molecule has 7 nitrogen and oxygen atoms in total. The minimum Gasteiger partial charge on any atom is -0.503 e. The van der Waals surface area contributed by atoms with Gasteiger partial charge in [-0.2, -0.15) is 0 Å². The number of pyridine rings is 1. The molecule has 0 saturated carbocycles. The first-order valence-electron chi connectivity index (χ1n) is 8.73. The van der Waals surface area contributed by atoms with Crippen LogP contribution in [0.1, 0.15) is 18.1 Å². The van der Waals surface area contributed by atoms with Crippen LogP contribution in [0.15, 0.2) is 41.3 Å².